The number of carbonyl (C=O) groups excluding carboxylic acids is 2. The number of carbonyl (C=O) groups is 2. The SMILES string of the molecule is Cc1cc(NC(=O)COC(=O)[C@@H]2C[C@@H]2C)no1. The molecule has 0 saturated heterocycles. The molecule has 0 unspecified atom stereocenters. The van der Waals surface area contributed by atoms with Gasteiger partial charge in [-0.3, -0.25) is 9.59 Å². The summed E-state index contributed by atoms with van der Waals surface area (Å²) in [5, 5.41) is 6.06. The Kier molecular flexibility index (Phi) is 3.12. The lowest BCUT2D eigenvalue weighted by Crippen LogP contribution is -2.21. The molecule has 1 aromatic heterocycles. The number of amides is 1. The van der Waals surface area contributed by atoms with Gasteiger partial charge in [0.15, 0.2) is 12.4 Å². The second kappa shape index (κ2) is 4.57. The minimum atomic E-state index is -0.417. The molecule has 17 heavy (non-hydrogen) atoms. The van der Waals surface area contributed by atoms with Crippen molar-refractivity contribution in [2.24, 2.45) is 11.8 Å². The summed E-state index contributed by atoms with van der Waals surface area (Å²) in [6, 6.07) is 1.59. The molecule has 1 N–H and O–H groups in total. The Morgan fingerprint density at radius 1 is 1.65 bits per heavy atom. The second-order valence-electron chi connectivity index (χ2n) is 4.30. The minimum Gasteiger partial charge on any atom is -0.455 e. The molecule has 2 rings (SSSR count). The van der Waals surface area contributed by atoms with E-state index in [-0.39, 0.29) is 18.5 Å². The highest BCUT2D eigenvalue weighted by atomic mass is 16.5. The van der Waals surface area contributed by atoms with E-state index in [4.69, 9.17) is 9.26 Å². The zero-order chi connectivity index (χ0) is 12.4. The van der Waals surface area contributed by atoms with Crippen LogP contribution in [-0.4, -0.2) is 23.6 Å². The molecule has 0 spiro atoms. The van der Waals surface area contributed by atoms with Gasteiger partial charge in [0, 0.05) is 6.07 Å². The molecule has 0 aromatic carbocycles. The van der Waals surface area contributed by atoms with Crippen LogP contribution in [0, 0.1) is 18.8 Å². The van der Waals surface area contributed by atoms with E-state index >= 15 is 0 Å². The fraction of sp³-hybridized carbons (Fsp3) is 0.545. The van der Waals surface area contributed by atoms with Crippen LogP contribution in [0.25, 0.3) is 0 Å². The quantitative estimate of drug-likeness (QED) is 0.795. The summed E-state index contributed by atoms with van der Waals surface area (Å²) in [6.45, 7) is 3.41. The molecule has 0 aliphatic heterocycles. The number of hydrogen-bond donors (Lipinski definition) is 1. The maximum Gasteiger partial charge on any atom is 0.309 e. The number of nitrogens with one attached hydrogen (secondary N) is 1. The second-order valence-corrected chi connectivity index (χ2v) is 4.30. The van der Waals surface area contributed by atoms with Crippen LogP contribution < -0.4 is 5.32 Å². The molecule has 1 heterocycles. The fourth-order valence-electron chi connectivity index (χ4n) is 1.50. The molecule has 1 fully saturated rings. The number of anilines is 1. The van der Waals surface area contributed by atoms with Gasteiger partial charge in [-0.15, -0.1) is 0 Å². The highest BCUT2D eigenvalue weighted by Gasteiger charge is 2.40. The summed E-state index contributed by atoms with van der Waals surface area (Å²) in [4.78, 5) is 22.7. The third-order valence-corrected chi connectivity index (χ3v) is 2.65. The average molecular weight is 238 g/mol. The third-order valence-electron chi connectivity index (χ3n) is 2.65. The highest BCUT2D eigenvalue weighted by molar-refractivity contribution is 5.92. The van der Waals surface area contributed by atoms with Crippen molar-refractivity contribution >= 4 is 17.7 Å². The highest BCUT2D eigenvalue weighted by Crippen LogP contribution is 2.38. The van der Waals surface area contributed by atoms with E-state index in [1.807, 2.05) is 6.92 Å². The Hall–Kier alpha value is -1.85. The van der Waals surface area contributed by atoms with Gasteiger partial charge in [0.2, 0.25) is 0 Å². The Labute approximate surface area is 98.3 Å². The van der Waals surface area contributed by atoms with Crippen molar-refractivity contribution in [1.29, 1.82) is 0 Å². The van der Waals surface area contributed by atoms with Gasteiger partial charge in [0.05, 0.1) is 5.92 Å². The van der Waals surface area contributed by atoms with Gasteiger partial charge >= 0.3 is 5.97 Å². The first-order valence-corrected chi connectivity index (χ1v) is 5.46. The van der Waals surface area contributed by atoms with Crippen LogP contribution >= 0.6 is 0 Å². The van der Waals surface area contributed by atoms with Gasteiger partial charge in [-0.2, -0.15) is 0 Å². The third kappa shape index (κ3) is 3.05. The number of nitrogens with zero attached hydrogens (tertiary/aromatic N) is 1. The standard InChI is InChI=1S/C11H14N2O4/c1-6-3-8(6)11(15)16-5-10(14)12-9-4-7(2)17-13-9/h4,6,8H,3,5H2,1-2H3,(H,12,13,14)/t6-,8+/m0/s1. The molecule has 6 nitrogen and oxygen atoms in total. The lowest BCUT2D eigenvalue weighted by Gasteiger charge is -2.03. The van der Waals surface area contributed by atoms with Gasteiger partial charge in [-0.1, -0.05) is 12.1 Å². The normalized spacial score (nSPS) is 22.0. The molecule has 1 aliphatic carbocycles. The van der Waals surface area contributed by atoms with E-state index in [2.05, 4.69) is 10.5 Å². The summed E-state index contributed by atoms with van der Waals surface area (Å²) >= 11 is 0. The molecule has 0 radical (unpaired) electrons. The predicted molar refractivity (Wildman–Crippen MR) is 58.1 cm³/mol. The zero-order valence-electron chi connectivity index (χ0n) is 9.73. The van der Waals surface area contributed by atoms with Crippen LogP contribution in [-0.2, 0) is 14.3 Å². The van der Waals surface area contributed by atoms with Crippen molar-refractivity contribution in [1.82, 2.24) is 5.16 Å². The molecule has 2 atom stereocenters. The van der Waals surface area contributed by atoms with Gasteiger partial charge in [-0.25, -0.2) is 0 Å². The molecule has 0 bridgehead atoms. The summed E-state index contributed by atoms with van der Waals surface area (Å²) < 4.78 is 9.65. The lowest BCUT2D eigenvalue weighted by molar-refractivity contribution is -0.148. The largest absolute Gasteiger partial charge is 0.455 e. The first kappa shape index (κ1) is 11.6. The molecule has 1 amide bonds. The molecule has 1 aliphatic rings. The van der Waals surface area contributed by atoms with Crippen LogP contribution in [0.2, 0.25) is 0 Å². The molecule has 92 valence electrons. The molecular formula is C11H14N2O4. The predicted octanol–water partition coefficient (Wildman–Crippen LogP) is 1.12. The fourth-order valence-corrected chi connectivity index (χ4v) is 1.50. The maximum atomic E-state index is 11.4. The van der Waals surface area contributed by atoms with Crippen LogP contribution in [0.3, 0.4) is 0 Å². The lowest BCUT2D eigenvalue weighted by atomic mass is 10.3. The Morgan fingerprint density at radius 3 is 2.88 bits per heavy atom. The summed E-state index contributed by atoms with van der Waals surface area (Å²) in [5.74, 6) is 0.553. The monoisotopic (exact) mass is 238 g/mol. The number of esters is 1. The van der Waals surface area contributed by atoms with E-state index < -0.39 is 5.91 Å². The van der Waals surface area contributed by atoms with Crippen molar-refractivity contribution in [2.45, 2.75) is 20.3 Å². The Bertz CT molecular complexity index is 440. The van der Waals surface area contributed by atoms with Gasteiger partial charge < -0.3 is 14.6 Å². The van der Waals surface area contributed by atoms with E-state index in [0.717, 1.165) is 6.42 Å². The van der Waals surface area contributed by atoms with Crippen LogP contribution in [0.5, 0.6) is 0 Å². The summed E-state index contributed by atoms with van der Waals surface area (Å²) in [5.41, 5.74) is 0. The van der Waals surface area contributed by atoms with Crippen LogP contribution in [0.15, 0.2) is 10.6 Å². The maximum absolute atomic E-state index is 11.4. The van der Waals surface area contributed by atoms with E-state index in [1.54, 1.807) is 13.0 Å². The van der Waals surface area contributed by atoms with Crippen molar-refractivity contribution in [2.75, 3.05) is 11.9 Å². The van der Waals surface area contributed by atoms with Crippen LogP contribution in [0.1, 0.15) is 19.1 Å². The van der Waals surface area contributed by atoms with E-state index in [0.29, 0.717) is 17.5 Å². The summed E-state index contributed by atoms with van der Waals surface area (Å²) in [6.07, 6.45) is 0.850. The molecule has 1 saturated carbocycles. The average Bonchev–Trinajstić information content (AvgIpc) is 2.87. The van der Waals surface area contributed by atoms with Crippen molar-refractivity contribution in [3.63, 3.8) is 0 Å². The number of aromatic nitrogens is 1. The Balaban J connectivity index is 1.72. The molecule has 6 heteroatoms. The number of ether oxygens (including phenoxy) is 1. The summed E-state index contributed by atoms with van der Waals surface area (Å²) in [7, 11) is 0. The first-order valence-electron chi connectivity index (χ1n) is 5.46. The molecular weight excluding hydrogens is 224 g/mol. The van der Waals surface area contributed by atoms with Crippen molar-refractivity contribution < 1.29 is 18.8 Å². The van der Waals surface area contributed by atoms with E-state index in [1.165, 1.54) is 0 Å². The minimum absolute atomic E-state index is 0.0305. The zero-order valence-corrected chi connectivity index (χ0v) is 9.73. The van der Waals surface area contributed by atoms with Crippen molar-refractivity contribution in [3.8, 4) is 0 Å². The van der Waals surface area contributed by atoms with E-state index in [9.17, 15) is 9.59 Å². The molecule has 1 aromatic rings. The van der Waals surface area contributed by atoms with Gasteiger partial charge in [-0.05, 0) is 19.3 Å². The number of rotatable bonds is 4. The Morgan fingerprint density at radius 2 is 2.35 bits per heavy atom. The van der Waals surface area contributed by atoms with Gasteiger partial charge in [0.25, 0.3) is 5.91 Å². The number of hydrogen-bond acceptors (Lipinski definition) is 5. The first-order chi connectivity index (χ1) is 8.06. The number of aryl methyl sites for hydroxylation is 1. The van der Waals surface area contributed by atoms with Gasteiger partial charge in [0.1, 0.15) is 5.76 Å². The van der Waals surface area contributed by atoms with Crippen molar-refractivity contribution in [3.05, 3.63) is 11.8 Å². The smallest absolute Gasteiger partial charge is 0.309 e. The topological polar surface area (TPSA) is 81.4 Å². The van der Waals surface area contributed by atoms with Crippen LogP contribution in [0.4, 0.5) is 5.82 Å².